The van der Waals surface area contributed by atoms with Crippen molar-refractivity contribution in [3.63, 3.8) is 0 Å². The molecule has 0 spiro atoms. The molecule has 86 valence electrons. The first kappa shape index (κ1) is 12.5. The summed E-state index contributed by atoms with van der Waals surface area (Å²) in [5.41, 5.74) is 0. The number of carbonyl (C=O) groups excluding carboxylic acids is 2. The monoisotopic (exact) mass is 233 g/mol. The van der Waals surface area contributed by atoms with E-state index in [0.29, 0.717) is 6.42 Å². The minimum Gasteiger partial charge on any atom is -0.274 e. The fraction of sp³-hybridized carbons (Fsp3) is 0.778. The highest BCUT2D eigenvalue weighted by Gasteiger charge is 2.35. The molecular weight excluding hydrogens is 218 g/mol. The Balaban J connectivity index is 2.49. The van der Waals surface area contributed by atoms with E-state index in [4.69, 9.17) is 5.26 Å². The van der Waals surface area contributed by atoms with Crippen LogP contribution >= 0.6 is 11.8 Å². The van der Waals surface area contributed by atoms with Crippen molar-refractivity contribution in [2.45, 2.75) is 32.4 Å². The molecule has 6 heteroatoms. The molecule has 2 amide bonds. The molecule has 0 aromatic carbocycles. The number of hydrogen-bond donors (Lipinski definition) is 1. The fourth-order valence-corrected chi connectivity index (χ4v) is 2.13. The van der Waals surface area contributed by atoms with Gasteiger partial charge in [0.05, 0.1) is 0 Å². The molecule has 1 aliphatic rings. The molecule has 0 saturated carbocycles. The van der Waals surface area contributed by atoms with Crippen LogP contribution in [0.15, 0.2) is 0 Å². The Kier molecular flexibility index (Phi) is 5.07. The molecule has 0 aromatic heterocycles. The smallest absolute Gasteiger partial charge is 0.231 e. The van der Waals surface area contributed by atoms with E-state index in [2.05, 4.69) is 4.89 Å². The van der Waals surface area contributed by atoms with Gasteiger partial charge in [0.25, 0.3) is 0 Å². The van der Waals surface area contributed by atoms with Gasteiger partial charge in [-0.15, -0.1) is 0 Å². The van der Waals surface area contributed by atoms with Crippen molar-refractivity contribution in [3.05, 3.63) is 0 Å². The third kappa shape index (κ3) is 3.19. The summed E-state index contributed by atoms with van der Waals surface area (Å²) < 4.78 is 0. The lowest BCUT2D eigenvalue weighted by Gasteiger charge is -2.22. The molecule has 1 N–H and O–H groups in total. The first-order chi connectivity index (χ1) is 7.20. The summed E-state index contributed by atoms with van der Waals surface area (Å²) in [6.45, 7) is 2.02. The van der Waals surface area contributed by atoms with Gasteiger partial charge in [-0.05, 0) is 11.5 Å². The Bertz CT molecular complexity index is 230. The van der Waals surface area contributed by atoms with Crippen LogP contribution in [0, 0.1) is 0 Å². The minimum atomic E-state index is -0.813. The van der Waals surface area contributed by atoms with E-state index in [-0.39, 0.29) is 24.7 Å². The molecule has 1 fully saturated rings. The van der Waals surface area contributed by atoms with Gasteiger partial charge in [0.1, 0.15) is 0 Å². The van der Waals surface area contributed by atoms with Crippen molar-refractivity contribution in [1.29, 1.82) is 0 Å². The molecule has 5 nitrogen and oxygen atoms in total. The molecule has 0 bridgehead atoms. The highest BCUT2D eigenvalue weighted by atomic mass is 32.2. The SMILES string of the molecule is CCSCCC(OO)N1C(=O)CCC1=O. The van der Waals surface area contributed by atoms with Crippen LogP contribution in [-0.2, 0) is 14.5 Å². The molecule has 0 aromatic rings. The minimum absolute atomic E-state index is 0.222. The molecular formula is C9H15NO4S. The zero-order chi connectivity index (χ0) is 11.3. The second kappa shape index (κ2) is 6.09. The van der Waals surface area contributed by atoms with E-state index in [0.717, 1.165) is 16.4 Å². The maximum atomic E-state index is 11.3. The summed E-state index contributed by atoms with van der Waals surface area (Å²) in [6.07, 6.45) is 0.0951. The number of likely N-dealkylation sites (tertiary alicyclic amines) is 1. The van der Waals surface area contributed by atoms with Crippen LogP contribution in [0.1, 0.15) is 26.2 Å². The van der Waals surface area contributed by atoms with Gasteiger partial charge in [0.15, 0.2) is 6.23 Å². The number of hydrogen-bond acceptors (Lipinski definition) is 5. The summed E-state index contributed by atoms with van der Waals surface area (Å²) in [5, 5.41) is 8.67. The summed E-state index contributed by atoms with van der Waals surface area (Å²) in [6, 6.07) is 0. The van der Waals surface area contributed by atoms with Crippen molar-refractivity contribution >= 4 is 23.6 Å². The average molecular weight is 233 g/mol. The van der Waals surface area contributed by atoms with Gasteiger partial charge in [-0.1, -0.05) is 6.92 Å². The largest absolute Gasteiger partial charge is 0.274 e. The number of thioether (sulfide) groups is 1. The topological polar surface area (TPSA) is 66.8 Å². The van der Waals surface area contributed by atoms with Gasteiger partial charge in [0, 0.05) is 19.3 Å². The highest BCUT2D eigenvalue weighted by Crippen LogP contribution is 2.19. The lowest BCUT2D eigenvalue weighted by Crippen LogP contribution is -2.41. The molecule has 0 radical (unpaired) electrons. The van der Waals surface area contributed by atoms with Crippen LogP contribution in [-0.4, -0.2) is 39.7 Å². The standard InChI is InChI=1S/C9H15NO4S/c1-2-15-6-5-9(14-13)10-7(11)3-4-8(10)12/h9,13H,2-6H2,1H3. The second-order valence-electron chi connectivity index (χ2n) is 3.20. The summed E-state index contributed by atoms with van der Waals surface area (Å²) in [7, 11) is 0. The van der Waals surface area contributed by atoms with Crippen molar-refractivity contribution < 1.29 is 19.7 Å². The van der Waals surface area contributed by atoms with E-state index in [1.54, 1.807) is 11.8 Å². The summed E-state index contributed by atoms with van der Waals surface area (Å²) >= 11 is 1.67. The molecule has 1 atom stereocenters. The molecule has 1 rings (SSSR count). The quantitative estimate of drug-likeness (QED) is 0.322. The van der Waals surface area contributed by atoms with Crippen LogP contribution in [0.3, 0.4) is 0 Å². The molecule has 1 unspecified atom stereocenters. The van der Waals surface area contributed by atoms with Gasteiger partial charge >= 0.3 is 0 Å². The number of nitrogens with zero attached hydrogens (tertiary/aromatic N) is 1. The maximum absolute atomic E-state index is 11.3. The first-order valence-corrected chi connectivity index (χ1v) is 6.09. The van der Waals surface area contributed by atoms with E-state index < -0.39 is 6.23 Å². The van der Waals surface area contributed by atoms with Gasteiger partial charge < -0.3 is 0 Å². The van der Waals surface area contributed by atoms with Crippen molar-refractivity contribution in [2.75, 3.05) is 11.5 Å². The van der Waals surface area contributed by atoms with Gasteiger partial charge in [-0.25, -0.2) is 10.1 Å². The third-order valence-electron chi connectivity index (χ3n) is 2.21. The fourth-order valence-electron chi connectivity index (χ4n) is 1.47. The van der Waals surface area contributed by atoms with Crippen molar-refractivity contribution in [1.82, 2.24) is 4.90 Å². The van der Waals surface area contributed by atoms with E-state index >= 15 is 0 Å². The van der Waals surface area contributed by atoms with Crippen LogP contribution < -0.4 is 0 Å². The van der Waals surface area contributed by atoms with Crippen LogP contribution in [0.2, 0.25) is 0 Å². The lowest BCUT2D eigenvalue weighted by atomic mass is 10.4. The van der Waals surface area contributed by atoms with E-state index in [1.165, 1.54) is 0 Å². The van der Waals surface area contributed by atoms with Gasteiger partial charge in [-0.2, -0.15) is 11.8 Å². The van der Waals surface area contributed by atoms with Crippen LogP contribution in [0.5, 0.6) is 0 Å². The number of carbonyl (C=O) groups is 2. The number of rotatable bonds is 6. The predicted molar refractivity (Wildman–Crippen MR) is 56.2 cm³/mol. The third-order valence-corrected chi connectivity index (χ3v) is 3.15. The summed E-state index contributed by atoms with van der Waals surface area (Å²) in [5.74, 6) is 1.18. The normalized spacial score (nSPS) is 18.7. The Morgan fingerprint density at radius 3 is 2.53 bits per heavy atom. The molecule has 1 aliphatic heterocycles. The van der Waals surface area contributed by atoms with Crippen molar-refractivity contribution in [2.24, 2.45) is 0 Å². The molecule has 15 heavy (non-hydrogen) atoms. The predicted octanol–water partition coefficient (Wildman–Crippen LogP) is 1.09. The van der Waals surface area contributed by atoms with E-state index in [9.17, 15) is 9.59 Å². The Labute approximate surface area is 92.7 Å². The van der Waals surface area contributed by atoms with E-state index in [1.807, 2.05) is 6.92 Å². The highest BCUT2D eigenvalue weighted by molar-refractivity contribution is 7.99. The van der Waals surface area contributed by atoms with Crippen LogP contribution in [0.4, 0.5) is 0 Å². The average Bonchev–Trinajstić information content (AvgIpc) is 2.55. The zero-order valence-electron chi connectivity index (χ0n) is 8.64. The molecule has 1 heterocycles. The maximum Gasteiger partial charge on any atom is 0.231 e. The zero-order valence-corrected chi connectivity index (χ0v) is 9.46. The Hall–Kier alpha value is -0.590. The first-order valence-electron chi connectivity index (χ1n) is 4.93. The van der Waals surface area contributed by atoms with Gasteiger partial charge in [0.2, 0.25) is 11.8 Å². The lowest BCUT2D eigenvalue weighted by molar-refractivity contribution is -0.304. The molecule has 0 aliphatic carbocycles. The summed E-state index contributed by atoms with van der Waals surface area (Å²) in [4.78, 5) is 27.9. The Morgan fingerprint density at radius 2 is 2.07 bits per heavy atom. The van der Waals surface area contributed by atoms with Crippen LogP contribution in [0.25, 0.3) is 0 Å². The molecule has 1 saturated heterocycles. The Morgan fingerprint density at radius 1 is 1.47 bits per heavy atom. The van der Waals surface area contributed by atoms with Crippen molar-refractivity contribution in [3.8, 4) is 0 Å². The number of amides is 2. The second-order valence-corrected chi connectivity index (χ2v) is 4.60. The van der Waals surface area contributed by atoms with Gasteiger partial charge in [-0.3, -0.25) is 14.5 Å². The number of imide groups is 1.